The summed E-state index contributed by atoms with van der Waals surface area (Å²) in [5.41, 5.74) is 0.705. The van der Waals surface area contributed by atoms with Gasteiger partial charge in [-0.1, -0.05) is 6.07 Å². The zero-order valence-electron chi connectivity index (χ0n) is 14.1. The van der Waals surface area contributed by atoms with Crippen LogP contribution in [0.1, 0.15) is 12.5 Å². The molecule has 2 aromatic heterocycles. The number of benzene rings is 1. The average Bonchev–Trinajstić information content (AvgIpc) is 3.13. The molecule has 1 amide bonds. The number of carbonyl (C=O) groups excluding carboxylic acids is 1. The van der Waals surface area contributed by atoms with E-state index >= 15 is 0 Å². The van der Waals surface area contributed by atoms with Crippen molar-refractivity contribution in [2.75, 3.05) is 11.4 Å². The van der Waals surface area contributed by atoms with Gasteiger partial charge in [-0.15, -0.1) is 0 Å². The fraction of sp³-hybridized carbons (Fsp3) is 0.235. The van der Waals surface area contributed by atoms with Crippen LogP contribution in [0.4, 0.5) is 16.0 Å². The van der Waals surface area contributed by atoms with E-state index in [1.807, 2.05) is 0 Å². The van der Waals surface area contributed by atoms with Crippen LogP contribution in [-0.2, 0) is 17.9 Å². The number of fused-ring (bicyclic) bond motifs is 2. The molecule has 0 spiro atoms. The third-order valence-corrected chi connectivity index (χ3v) is 5.04. The first-order chi connectivity index (χ1) is 12.9. The van der Waals surface area contributed by atoms with E-state index in [1.54, 1.807) is 11.5 Å². The summed E-state index contributed by atoms with van der Waals surface area (Å²) in [6.07, 6.45) is 0. The third-order valence-electron chi connectivity index (χ3n) is 4.43. The van der Waals surface area contributed by atoms with Crippen molar-refractivity contribution in [1.82, 2.24) is 19.1 Å². The number of hydrogen-bond acceptors (Lipinski definition) is 4. The maximum Gasteiger partial charge on any atom is 0.283 e. The van der Waals surface area contributed by atoms with E-state index in [0.717, 1.165) is 0 Å². The van der Waals surface area contributed by atoms with E-state index < -0.39 is 11.4 Å². The summed E-state index contributed by atoms with van der Waals surface area (Å²) in [6.45, 7) is 9.48. The normalized spacial score (nSPS) is 13.3. The summed E-state index contributed by atoms with van der Waals surface area (Å²) in [5.74, 6) is -0.409. The molecule has 0 saturated heterocycles. The summed E-state index contributed by atoms with van der Waals surface area (Å²) >= 11 is 3.31. The second-order valence-corrected chi connectivity index (χ2v) is 6.67. The highest BCUT2D eigenvalue weighted by molar-refractivity contribution is 9.10. The van der Waals surface area contributed by atoms with E-state index in [2.05, 4.69) is 30.7 Å². The number of halogens is 2. The maximum absolute atomic E-state index is 13.7. The monoisotopic (exact) mass is 430 g/mol. The SMILES string of the molecule is [C-]#[N+]c1ccc(F)cc1Cn1c(Br)nc2c(=O)n3c(nc21)N(CC)C(=O)C3. The minimum absolute atomic E-state index is 0.0683. The molecule has 3 heterocycles. The van der Waals surface area contributed by atoms with Crippen molar-refractivity contribution < 1.29 is 9.18 Å². The molecule has 0 aliphatic carbocycles. The first-order valence-electron chi connectivity index (χ1n) is 8.07. The Morgan fingerprint density at radius 2 is 2.11 bits per heavy atom. The predicted octanol–water partition coefficient (Wildman–Crippen LogP) is 2.46. The van der Waals surface area contributed by atoms with Gasteiger partial charge in [0.2, 0.25) is 11.9 Å². The fourth-order valence-corrected chi connectivity index (χ4v) is 3.62. The second kappa shape index (κ2) is 6.28. The van der Waals surface area contributed by atoms with E-state index in [0.29, 0.717) is 22.5 Å². The van der Waals surface area contributed by atoms with Crippen molar-refractivity contribution in [3.63, 3.8) is 0 Å². The van der Waals surface area contributed by atoms with E-state index in [-0.39, 0.29) is 36.1 Å². The molecular formula is C17H12BrFN6O2. The molecule has 0 saturated carbocycles. The van der Waals surface area contributed by atoms with Crippen LogP contribution < -0.4 is 10.5 Å². The predicted molar refractivity (Wildman–Crippen MR) is 99.3 cm³/mol. The number of anilines is 1. The van der Waals surface area contributed by atoms with Crippen LogP contribution in [0, 0.1) is 12.4 Å². The lowest BCUT2D eigenvalue weighted by Gasteiger charge is -2.13. The molecule has 4 rings (SSSR count). The van der Waals surface area contributed by atoms with Gasteiger partial charge < -0.3 is 0 Å². The Morgan fingerprint density at radius 3 is 2.81 bits per heavy atom. The molecular weight excluding hydrogens is 419 g/mol. The standard InChI is InChI=1S/C17H12BrFN6O2/c1-3-23-12(26)8-25-15(27)13-14(22-17(23)25)24(16(18)21-13)7-9-6-10(19)4-5-11(9)20-2/h4-6H,3,7-8H2,1H3. The minimum Gasteiger partial charge on any atom is -0.300 e. The minimum atomic E-state index is -0.463. The Hall–Kier alpha value is -3.06. The average molecular weight is 431 g/mol. The van der Waals surface area contributed by atoms with Gasteiger partial charge in [-0.2, -0.15) is 4.98 Å². The Morgan fingerprint density at radius 1 is 1.33 bits per heavy atom. The van der Waals surface area contributed by atoms with Crippen LogP contribution in [-0.4, -0.2) is 31.6 Å². The van der Waals surface area contributed by atoms with Crippen LogP contribution in [0.3, 0.4) is 0 Å². The van der Waals surface area contributed by atoms with Crippen LogP contribution in [0.5, 0.6) is 0 Å². The van der Waals surface area contributed by atoms with Gasteiger partial charge in [0.1, 0.15) is 12.4 Å². The molecule has 0 radical (unpaired) electrons. The zero-order valence-corrected chi connectivity index (χ0v) is 15.7. The van der Waals surface area contributed by atoms with Crippen molar-refractivity contribution in [2.24, 2.45) is 0 Å². The number of hydrogen-bond donors (Lipinski definition) is 0. The first-order valence-corrected chi connectivity index (χ1v) is 8.86. The molecule has 136 valence electrons. The first kappa shape index (κ1) is 17.4. The lowest BCUT2D eigenvalue weighted by Crippen LogP contribution is -2.26. The molecule has 0 unspecified atom stereocenters. The molecule has 0 N–H and O–H groups in total. The van der Waals surface area contributed by atoms with Gasteiger partial charge >= 0.3 is 0 Å². The molecule has 3 aromatic rings. The topological polar surface area (TPSA) is 77.4 Å². The van der Waals surface area contributed by atoms with Crippen molar-refractivity contribution >= 4 is 44.6 Å². The number of likely N-dealkylation sites (N-methyl/N-ethyl adjacent to an activating group) is 1. The van der Waals surface area contributed by atoms with Crippen molar-refractivity contribution in [3.8, 4) is 0 Å². The lowest BCUT2D eigenvalue weighted by atomic mass is 10.1. The van der Waals surface area contributed by atoms with Gasteiger partial charge in [-0.05, 0) is 40.5 Å². The van der Waals surface area contributed by atoms with Crippen LogP contribution in [0.2, 0.25) is 0 Å². The Balaban J connectivity index is 1.92. The number of amides is 1. The van der Waals surface area contributed by atoms with Gasteiger partial charge in [0.25, 0.3) is 5.56 Å². The molecule has 10 heteroatoms. The quantitative estimate of drug-likeness (QED) is 0.472. The van der Waals surface area contributed by atoms with Crippen LogP contribution in [0.15, 0.2) is 27.7 Å². The summed E-state index contributed by atoms with van der Waals surface area (Å²) < 4.78 is 16.9. The van der Waals surface area contributed by atoms with E-state index in [9.17, 15) is 14.0 Å². The fourth-order valence-electron chi connectivity index (χ4n) is 3.15. The Bertz CT molecular complexity index is 1210. The number of carbonyl (C=O) groups is 1. The number of aromatic nitrogens is 4. The van der Waals surface area contributed by atoms with E-state index in [1.165, 1.54) is 27.7 Å². The molecule has 1 aromatic carbocycles. The molecule has 0 fully saturated rings. The summed E-state index contributed by atoms with van der Waals surface area (Å²) in [4.78, 5) is 38.4. The van der Waals surface area contributed by atoms with Crippen LogP contribution >= 0.6 is 15.9 Å². The smallest absolute Gasteiger partial charge is 0.283 e. The summed E-state index contributed by atoms with van der Waals surface area (Å²) in [7, 11) is 0. The summed E-state index contributed by atoms with van der Waals surface area (Å²) in [6, 6.07) is 3.90. The van der Waals surface area contributed by atoms with Gasteiger partial charge in [-0.3, -0.25) is 23.6 Å². The molecule has 1 aliphatic heterocycles. The van der Waals surface area contributed by atoms with Crippen molar-refractivity contribution in [1.29, 1.82) is 0 Å². The largest absolute Gasteiger partial charge is 0.300 e. The molecule has 27 heavy (non-hydrogen) atoms. The Labute approximate surface area is 160 Å². The van der Waals surface area contributed by atoms with Crippen LogP contribution in [0.25, 0.3) is 16.0 Å². The Kier molecular flexibility index (Phi) is 4.04. The lowest BCUT2D eigenvalue weighted by molar-refractivity contribution is -0.118. The molecule has 8 nitrogen and oxygen atoms in total. The molecule has 1 aliphatic rings. The molecule has 0 atom stereocenters. The third kappa shape index (κ3) is 2.62. The number of rotatable bonds is 3. The van der Waals surface area contributed by atoms with Gasteiger partial charge in [0, 0.05) is 13.1 Å². The van der Waals surface area contributed by atoms with Gasteiger partial charge in [0.15, 0.2) is 21.6 Å². The highest BCUT2D eigenvalue weighted by Gasteiger charge is 2.31. The zero-order chi connectivity index (χ0) is 19.3. The van der Waals surface area contributed by atoms with Crippen molar-refractivity contribution in [2.45, 2.75) is 20.0 Å². The highest BCUT2D eigenvalue weighted by Crippen LogP contribution is 2.27. The summed E-state index contributed by atoms with van der Waals surface area (Å²) in [5, 5.41) is 0. The second-order valence-electron chi connectivity index (χ2n) is 5.97. The maximum atomic E-state index is 13.7. The van der Waals surface area contributed by atoms with Crippen molar-refractivity contribution in [3.05, 3.63) is 56.1 Å². The van der Waals surface area contributed by atoms with E-state index in [4.69, 9.17) is 6.57 Å². The molecule has 0 bridgehead atoms. The highest BCUT2D eigenvalue weighted by atomic mass is 79.9. The number of imidazole rings is 1. The van der Waals surface area contributed by atoms with Gasteiger partial charge in [-0.25, -0.2) is 14.2 Å². The number of nitrogens with zero attached hydrogens (tertiary/aromatic N) is 6. The van der Waals surface area contributed by atoms with Gasteiger partial charge in [0.05, 0.1) is 6.57 Å².